The van der Waals surface area contributed by atoms with Crippen molar-refractivity contribution < 1.29 is 8.78 Å². The molecule has 86 heavy (non-hydrogen) atoms. The van der Waals surface area contributed by atoms with Crippen LogP contribution in [-0.4, -0.2) is 0 Å². The van der Waals surface area contributed by atoms with E-state index in [0.717, 1.165) is 56.4 Å². The van der Waals surface area contributed by atoms with E-state index in [1.54, 1.807) is 24.3 Å². The van der Waals surface area contributed by atoms with Gasteiger partial charge < -0.3 is 9.80 Å². The number of benzene rings is 11. The van der Waals surface area contributed by atoms with Gasteiger partial charge in [-0.25, -0.2) is 8.78 Å². The zero-order valence-corrected chi connectivity index (χ0v) is 49.9. The maximum atomic E-state index is 14.5. The highest BCUT2D eigenvalue weighted by Gasteiger charge is 2.40. The van der Waals surface area contributed by atoms with Crippen LogP contribution in [-0.2, 0) is 21.7 Å². The normalized spacial score (nSPS) is 15.4. The quantitative estimate of drug-likeness (QED) is 0.126. The minimum Gasteiger partial charge on any atom is -0.310 e. The molecular weight excluding hydrogens is 1050 g/mol. The van der Waals surface area contributed by atoms with Crippen molar-refractivity contribution in [1.29, 1.82) is 0 Å². The molecule has 0 radical (unpaired) electrons. The molecule has 0 saturated carbocycles. The van der Waals surface area contributed by atoms with E-state index in [1.165, 1.54) is 89.0 Å². The lowest BCUT2D eigenvalue weighted by Gasteiger charge is -2.29. The van der Waals surface area contributed by atoms with Gasteiger partial charge in [-0.1, -0.05) is 213 Å². The van der Waals surface area contributed by atoms with Gasteiger partial charge >= 0.3 is 0 Å². The molecule has 11 aromatic rings. The Morgan fingerprint density at radius 1 is 0.233 bits per heavy atom. The third kappa shape index (κ3) is 8.39. The van der Waals surface area contributed by atoms with Crippen molar-refractivity contribution in [3.05, 3.63) is 309 Å². The van der Waals surface area contributed by atoms with Crippen molar-refractivity contribution in [2.45, 2.75) is 77.0 Å². The predicted octanol–water partition coefficient (Wildman–Crippen LogP) is 22.5. The Morgan fingerprint density at radius 2 is 0.465 bits per heavy atom. The average molecular weight is 1120 g/mol. The van der Waals surface area contributed by atoms with E-state index >= 15 is 0 Å². The summed E-state index contributed by atoms with van der Waals surface area (Å²) >= 11 is 0. The molecule has 4 aliphatic rings. The first kappa shape index (κ1) is 53.1. The number of halogens is 2. The molecule has 0 heterocycles. The van der Waals surface area contributed by atoms with Crippen molar-refractivity contribution in [3.8, 4) is 44.5 Å². The van der Waals surface area contributed by atoms with Crippen LogP contribution < -0.4 is 9.80 Å². The van der Waals surface area contributed by atoms with Crippen molar-refractivity contribution in [3.63, 3.8) is 0 Å². The van der Waals surface area contributed by atoms with Gasteiger partial charge in [0.15, 0.2) is 0 Å². The van der Waals surface area contributed by atoms with Gasteiger partial charge in [0, 0.05) is 55.8 Å². The fourth-order valence-electron chi connectivity index (χ4n) is 14.8. The largest absolute Gasteiger partial charge is 0.310 e. The molecule has 0 aromatic heterocycles. The number of hydrogen-bond acceptors (Lipinski definition) is 2. The summed E-state index contributed by atoms with van der Waals surface area (Å²) in [4.78, 5) is 4.55. The summed E-state index contributed by atoms with van der Waals surface area (Å²) in [5.74, 6) is -0.507. The lowest BCUT2D eigenvalue weighted by molar-refractivity contribution is 0.627. The standard InChI is InChI=1S/C82H66F2N2/c1-79(2)71-15-11-9-13-63(71)67-41-35-59(47-75(67)79)85(57-31-27-55(83)28-32-57)61-37-43-69-65-39-25-53(45-73(65)81(5,6)77(69)49-61)23-21-51-17-19-52(20-18-51)22-24-54-26-40-66-70-44-38-62(50-78(70)82(7,8)74(66)46-54)86(58-33-29-56(84)30-34-58)60-36-42-68-64-14-10-12-16-72(64)80(3,4)76(68)48-60/h9-50H,1-8H3/b23-21+,24-22+. The lowest BCUT2D eigenvalue weighted by atomic mass is 9.81. The van der Waals surface area contributed by atoms with Crippen LogP contribution in [0.1, 0.15) is 122 Å². The topological polar surface area (TPSA) is 6.48 Å². The maximum Gasteiger partial charge on any atom is 0.123 e. The molecular formula is C82H66F2N2. The van der Waals surface area contributed by atoms with Crippen LogP contribution in [0.3, 0.4) is 0 Å². The third-order valence-electron chi connectivity index (χ3n) is 19.6. The number of hydrogen-bond donors (Lipinski definition) is 0. The van der Waals surface area contributed by atoms with Crippen molar-refractivity contribution in [2.24, 2.45) is 0 Å². The fourth-order valence-corrected chi connectivity index (χ4v) is 14.8. The van der Waals surface area contributed by atoms with Crippen LogP contribution in [0.2, 0.25) is 0 Å². The SMILES string of the molecule is CC1(C)c2ccccc2-c2ccc(N(c3ccc(F)cc3)c3ccc4c(c3)C(C)(C)c3cc(/C=C/c5ccc(/C=C/c6ccc7c(c6)C(C)(C)c6cc(N(c8ccc(F)cc8)c8ccc9c(c8)C(C)(C)c8ccccc8-9)ccc6-7)cc5)ccc3-4)cc21. The molecule has 0 unspecified atom stereocenters. The van der Waals surface area contributed by atoms with Crippen LogP contribution >= 0.6 is 0 Å². The summed E-state index contributed by atoms with van der Waals surface area (Å²) in [6.45, 7) is 18.6. The molecule has 418 valence electrons. The van der Waals surface area contributed by atoms with Gasteiger partial charge in [0.2, 0.25) is 0 Å². The highest BCUT2D eigenvalue weighted by atomic mass is 19.1. The smallest absolute Gasteiger partial charge is 0.123 e. The van der Waals surface area contributed by atoms with Gasteiger partial charge in [-0.05, 0) is 208 Å². The zero-order chi connectivity index (χ0) is 59.0. The monoisotopic (exact) mass is 1120 g/mol. The molecule has 0 saturated heterocycles. The van der Waals surface area contributed by atoms with E-state index in [2.05, 4.69) is 271 Å². The van der Waals surface area contributed by atoms with Gasteiger partial charge in [-0.15, -0.1) is 0 Å². The molecule has 0 bridgehead atoms. The third-order valence-corrected chi connectivity index (χ3v) is 19.6. The lowest BCUT2D eigenvalue weighted by Crippen LogP contribution is -2.18. The highest BCUT2D eigenvalue weighted by Crippen LogP contribution is 2.56. The highest BCUT2D eigenvalue weighted by molar-refractivity contribution is 5.92. The van der Waals surface area contributed by atoms with Crippen LogP contribution in [0.15, 0.2) is 231 Å². The Kier molecular flexibility index (Phi) is 12.0. The molecule has 0 amide bonds. The first-order valence-electron chi connectivity index (χ1n) is 30.1. The van der Waals surface area contributed by atoms with Crippen LogP contribution in [0.5, 0.6) is 0 Å². The Morgan fingerprint density at radius 3 is 0.791 bits per heavy atom. The maximum absolute atomic E-state index is 14.5. The van der Waals surface area contributed by atoms with E-state index in [-0.39, 0.29) is 33.3 Å². The molecule has 0 spiro atoms. The summed E-state index contributed by atoms with van der Waals surface area (Å²) in [6.07, 6.45) is 8.85. The second kappa shape index (κ2) is 19.5. The Hall–Kier alpha value is -9.64. The van der Waals surface area contributed by atoms with Crippen LogP contribution in [0.4, 0.5) is 42.9 Å². The molecule has 15 rings (SSSR count). The summed E-state index contributed by atoms with van der Waals surface area (Å²) in [7, 11) is 0. The Bertz CT molecular complexity index is 4350. The van der Waals surface area contributed by atoms with E-state index in [0.29, 0.717) is 0 Å². The predicted molar refractivity (Wildman–Crippen MR) is 357 cm³/mol. The number of nitrogens with zero attached hydrogens (tertiary/aromatic N) is 2. The second-order valence-corrected chi connectivity index (χ2v) is 26.1. The Labute approximate surface area is 504 Å². The number of anilines is 6. The number of rotatable bonds is 10. The summed E-state index contributed by atoms with van der Waals surface area (Å²) in [5, 5.41) is 0. The molecule has 0 aliphatic heterocycles. The van der Waals surface area contributed by atoms with E-state index in [4.69, 9.17) is 0 Å². The van der Waals surface area contributed by atoms with Gasteiger partial charge in [0.05, 0.1) is 0 Å². The first-order chi connectivity index (χ1) is 41.4. The second-order valence-electron chi connectivity index (χ2n) is 26.1. The summed E-state index contributed by atoms with van der Waals surface area (Å²) < 4.78 is 29.0. The van der Waals surface area contributed by atoms with Crippen molar-refractivity contribution in [1.82, 2.24) is 0 Å². The Balaban J connectivity index is 0.658. The zero-order valence-electron chi connectivity index (χ0n) is 49.9. The van der Waals surface area contributed by atoms with Crippen LogP contribution in [0, 0.1) is 11.6 Å². The molecule has 0 fully saturated rings. The van der Waals surface area contributed by atoms with Gasteiger partial charge in [0.25, 0.3) is 0 Å². The van der Waals surface area contributed by atoms with E-state index < -0.39 is 0 Å². The van der Waals surface area contributed by atoms with Gasteiger partial charge in [-0.2, -0.15) is 0 Å². The average Bonchev–Trinajstić information content (AvgIpc) is 2.80. The number of fused-ring (bicyclic) bond motifs is 12. The van der Waals surface area contributed by atoms with Gasteiger partial charge in [0.1, 0.15) is 11.6 Å². The van der Waals surface area contributed by atoms with E-state index in [1.807, 2.05) is 24.3 Å². The van der Waals surface area contributed by atoms with E-state index in [9.17, 15) is 8.78 Å². The molecule has 11 aromatic carbocycles. The molecule has 4 heteroatoms. The minimum atomic E-state index is -0.263. The summed E-state index contributed by atoms with van der Waals surface area (Å²) in [6, 6.07) is 81.0. The fraction of sp³-hybridized carbons (Fsp3) is 0.146. The van der Waals surface area contributed by atoms with Crippen molar-refractivity contribution in [2.75, 3.05) is 9.80 Å². The molecule has 4 aliphatic carbocycles. The molecule has 0 N–H and O–H groups in total. The summed E-state index contributed by atoms with van der Waals surface area (Å²) in [5.41, 5.74) is 30.2. The van der Waals surface area contributed by atoms with Crippen LogP contribution in [0.25, 0.3) is 68.8 Å². The molecule has 2 nitrogen and oxygen atoms in total. The van der Waals surface area contributed by atoms with Crippen molar-refractivity contribution >= 4 is 58.4 Å². The van der Waals surface area contributed by atoms with Gasteiger partial charge in [-0.3, -0.25) is 0 Å². The first-order valence-corrected chi connectivity index (χ1v) is 30.1. The molecule has 0 atom stereocenters. The minimum absolute atomic E-state index is 0.158.